The van der Waals surface area contributed by atoms with Crippen molar-refractivity contribution in [3.63, 3.8) is 0 Å². The van der Waals surface area contributed by atoms with Crippen LogP contribution in [0, 0.1) is 5.41 Å². The van der Waals surface area contributed by atoms with Crippen LogP contribution in [0.25, 0.3) is 0 Å². The Kier molecular flexibility index (Phi) is 2.27. The maximum Gasteiger partial charge on any atom is 0.192 e. The lowest BCUT2D eigenvalue weighted by Crippen LogP contribution is -2.53. The molecule has 1 aliphatic carbocycles. The van der Waals surface area contributed by atoms with E-state index in [-0.39, 0.29) is 5.54 Å². The van der Waals surface area contributed by atoms with Gasteiger partial charge < -0.3 is 10.6 Å². The monoisotopic (exact) mass is 249 g/mol. The van der Waals surface area contributed by atoms with Crippen LogP contribution in [0.1, 0.15) is 31.6 Å². The second kappa shape index (κ2) is 3.48. The molecule has 0 radical (unpaired) electrons. The molecule has 0 aromatic carbocycles. The van der Waals surface area contributed by atoms with Gasteiger partial charge in [-0.25, -0.2) is 0 Å². The molecular formula is C13H19N3S. The Labute approximate surface area is 106 Å². The molecule has 4 heteroatoms. The highest BCUT2D eigenvalue weighted by Gasteiger charge is 2.58. The van der Waals surface area contributed by atoms with E-state index in [4.69, 9.17) is 5.73 Å². The fraction of sp³-hybridized carbons (Fsp3) is 0.615. The minimum Gasteiger partial charge on any atom is -0.370 e. The lowest BCUT2D eigenvalue weighted by molar-refractivity contribution is 0.127. The molecule has 1 aromatic heterocycles. The van der Waals surface area contributed by atoms with Gasteiger partial charge in [-0.05, 0) is 36.6 Å². The highest BCUT2D eigenvalue weighted by atomic mass is 32.1. The van der Waals surface area contributed by atoms with Crippen molar-refractivity contribution in [2.24, 2.45) is 16.1 Å². The molecule has 17 heavy (non-hydrogen) atoms. The van der Waals surface area contributed by atoms with Crippen molar-refractivity contribution >= 4 is 17.3 Å². The number of nitrogens with zero attached hydrogens (tertiary/aromatic N) is 2. The minimum atomic E-state index is 0.112. The van der Waals surface area contributed by atoms with Gasteiger partial charge in [-0.1, -0.05) is 13.0 Å². The van der Waals surface area contributed by atoms with Gasteiger partial charge in [-0.15, -0.1) is 11.3 Å². The van der Waals surface area contributed by atoms with E-state index in [2.05, 4.69) is 41.3 Å². The average Bonchev–Trinajstić information content (AvgIpc) is 2.77. The topological polar surface area (TPSA) is 41.6 Å². The van der Waals surface area contributed by atoms with Gasteiger partial charge >= 0.3 is 0 Å². The Balaban J connectivity index is 1.87. The number of rotatable bonds is 3. The highest BCUT2D eigenvalue weighted by Crippen LogP contribution is 2.57. The molecule has 0 amide bonds. The Hall–Kier alpha value is -1.03. The van der Waals surface area contributed by atoms with E-state index < -0.39 is 0 Å². The normalized spacial score (nSPS) is 30.5. The van der Waals surface area contributed by atoms with Crippen molar-refractivity contribution in [3.8, 4) is 0 Å². The van der Waals surface area contributed by atoms with E-state index >= 15 is 0 Å². The zero-order chi connectivity index (χ0) is 12.1. The zero-order valence-corrected chi connectivity index (χ0v) is 11.3. The summed E-state index contributed by atoms with van der Waals surface area (Å²) in [7, 11) is 0. The fourth-order valence-corrected chi connectivity index (χ4v) is 3.41. The number of nitrogens with two attached hydrogens (primary N) is 1. The molecule has 2 aliphatic rings. The van der Waals surface area contributed by atoms with Gasteiger partial charge in [0.05, 0.1) is 18.6 Å². The molecule has 1 aromatic rings. The van der Waals surface area contributed by atoms with Crippen molar-refractivity contribution in [1.29, 1.82) is 0 Å². The molecule has 92 valence electrons. The average molecular weight is 249 g/mol. The summed E-state index contributed by atoms with van der Waals surface area (Å²) >= 11 is 1.79. The van der Waals surface area contributed by atoms with Gasteiger partial charge in [0.25, 0.3) is 0 Å². The minimum absolute atomic E-state index is 0.112. The predicted molar refractivity (Wildman–Crippen MR) is 72.1 cm³/mol. The van der Waals surface area contributed by atoms with Crippen LogP contribution in [0.15, 0.2) is 22.5 Å². The fourth-order valence-electron chi connectivity index (χ4n) is 2.72. The van der Waals surface area contributed by atoms with Crippen molar-refractivity contribution < 1.29 is 0 Å². The molecule has 1 aliphatic heterocycles. The number of aliphatic imine (C=N–C) groups is 1. The SMILES string of the molecule is CC1(C2(C)CN=C(N)N2Cc2cccs2)CC1. The van der Waals surface area contributed by atoms with E-state index in [1.807, 2.05) is 0 Å². The Morgan fingerprint density at radius 1 is 1.47 bits per heavy atom. The second-order valence-electron chi connectivity index (χ2n) is 5.67. The Morgan fingerprint density at radius 3 is 2.82 bits per heavy atom. The third-order valence-corrected chi connectivity index (χ3v) is 5.48. The molecule has 3 rings (SSSR count). The third kappa shape index (κ3) is 1.58. The van der Waals surface area contributed by atoms with Crippen LogP contribution in [-0.2, 0) is 6.54 Å². The summed E-state index contributed by atoms with van der Waals surface area (Å²) < 4.78 is 0. The summed E-state index contributed by atoms with van der Waals surface area (Å²) in [5.74, 6) is 0.717. The van der Waals surface area contributed by atoms with Gasteiger partial charge in [0.15, 0.2) is 5.96 Å². The van der Waals surface area contributed by atoms with E-state index in [1.165, 1.54) is 17.7 Å². The van der Waals surface area contributed by atoms with Gasteiger partial charge in [0, 0.05) is 4.88 Å². The van der Waals surface area contributed by atoms with Crippen LogP contribution >= 0.6 is 11.3 Å². The molecule has 2 N–H and O–H groups in total. The molecule has 1 atom stereocenters. The van der Waals surface area contributed by atoms with Gasteiger partial charge in [0.2, 0.25) is 0 Å². The molecule has 0 bridgehead atoms. The molecule has 1 saturated carbocycles. The smallest absolute Gasteiger partial charge is 0.192 e. The highest BCUT2D eigenvalue weighted by molar-refractivity contribution is 7.09. The van der Waals surface area contributed by atoms with E-state index in [9.17, 15) is 0 Å². The maximum atomic E-state index is 6.08. The van der Waals surface area contributed by atoms with Gasteiger partial charge in [-0.3, -0.25) is 4.99 Å². The van der Waals surface area contributed by atoms with Crippen molar-refractivity contribution in [2.45, 2.75) is 38.8 Å². The van der Waals surface area contributed by atoms with Crippen molar-refractivity contribution in [3.05, 3.63) is 22.4 Å². The van der Waals surface area contributed by atoms with Gasteiger partial charge in [-0.2, -0.15) is 0 Å². The first-order valence-corrected chi connectivity index (χ1v) is 7.03. The van der Waals surface area contributed by atoms with Crippen molar-refractivity contribution in [2.75, 3.05) is 6.54 Å². The maximum absolute atomic E-state index is 6.08. The van der Waals surface area contributed by atoms with Crippen LogP contribution in [-0.4, -0.2) is 22.9 Å². The molecule has 2 heterocycles. The lowest BCUT2D eigenvalue weighted by atomic mass is 9.83. The standard InChI is InChI=1S/C13H19N3S/c1-12(5-6-12)13(2)9-15-11(14)16(13)8-10-4-3-7-17-10/h3-4,7H,5-6,8-9H2,1-2H3,(H2,14,15). The lowest BCUT2D eigenvalue weighted by Gasteiger charge is -2.41. The summed E-state index contributed by atoms with van der Waals surface area (Å²) in [5.41, 5.74) is 6.59. The van der Waals surface area contributed by atoms with Crippen LogP contribution in [0.2, 0.25) is 0 Å². The molecule has 3 nitrogen and oxygen atoms in total. The van der Waals surface area contributed by atoms with E-state index in [1.54, 1.807) is 11.3 Å². The number of hydrogen-bond donors (Lipinski definition) is 1. The molecule has 0 spiro atoms. The molecule has 1 fully saturated rings. The number of hydrogen-bond acceptors (Lipinski definition) is 4. The van der Waals surface area contributed by atoms with Crippen LogP contribution < -0.4 is 5.73 Å². The largest absolute Gasteiger partial charge is 0.370 e. The number of thiophene rings is 1. The van der Waals surface area contributed by atoms with E-state index in [0.29, 0.717) is 11.4 Å². The zero-order valence-electron chi connectivity index (χ0n) is 10.4. The van der Waals surface area contributed by atoms with Crippen LogP contribution in [0.4, 0.5) is 0 Å². The van der Waals surface area contributed by atoms with E-state index in [0.717, 1.165) is 13.1 Å². The summed E-state index contributed by atoms with van der Waals surface area (Å²) in [4.78, 5) is 8.16. The first-order valence-electron chi connectivity index (χ1n) is 6.15. The first-order chi connectivity index (χ1) is 8.05. The second-order valence-corrected chi connectivity index (χ2v) is 6.71. The third-order valence-electron chi connectivity index (χ3n) is 4.62. The molecule has 0 saturated heterocycles. The van der Waals surface area contributed by atoms with Crippen LogP contribution in [0.3, 0.4) is 0 Å². The van der Waals surface area contributed by atoms with Crippen molar-refractivity contribution in [1.82, 2.24) is 4.90 Å². The predicted octanol–water partition coefficient (Wildman–Crippen LogP) is 2.44. The summed E-state index contributed by atoms with van der Waals surface area (Å²) in [5, 5.41) is 2.12. The van der Waals surface area contributed by atoms with Crippen LogP contribution in [0.5, 0.6) is 0 Å². The summed E-state index contributed by atoms with van der Waals surface area (Å²) in [6, 6.07) is 4.27. The number of guanidine groups is 1. The Morgan fingerprint density at radius 2 is 2.24 bits per heavy atom. The summed E-state index contributed by atoms with van der Waals surface area (Å²) in [6.45, 7) is 6.43. The first kappa shape index (κ1) is 11.1. The molecule has 1 unspecified atom stereocenters. The quantitative estimate of drug-likeness (QED) is 0.894. The Bertz CT molecular complexity index is 447. The molecular weight excluding hydrogens is 230 g/mol. The van der Waals surface area contributed by atoms with Gasteiger partial charge in [0.1, 0.15) is 0 Å². The summed E-state index contributed by atoms with van der Waals surface area (Å²) in [6.07, 6.45) is 2.60.